The van der Waals surface area contributed by atoms with Gasteiger partial charge in [-0.25, -0.2) is 9.59 Å². The fourth-order valence-corrected chi connectivity index (χ4v) is 1.68. The molecule has 1 rings (SSSR count). The maximum atomic E-state index is 11.2. The van der Waals surface area contributed by atoms with Crippen LogP contribution in [0.1, 0.15) is 24.8 Å². The monoisotopic (exact) mass is 300 g/mol. The van der Waals surface area contributed by atoms with Gasteiger partial charge in [0.15, 0.2) is 0 Å². The van der Waals surface area contributed by atoms with Crippen LogP contribution in [-0.4, -0.2) is 18.2 Å². The lowest BCUT2D eigenvalue weighted by Crippen LogP contribution is -2.23. The van der Waals surface area contributed by atoms with Crippen molar-refractivity contribution in [3.05, 3.63) is 67.3 Å². The third-order valence-electron chi connectivity index (χ3n) is 2.75. The molecule has 0 aliphatic heterocycles. The second-order valence-corrected chi connectivity index (χ2v) is 4.46. The van der Waals surface area contributed by atoms with Gasteiger partial charge in [0.25, 0.3) is 0 Å². The van der Waals surface area contributed by atoms with Crippen molar-refractivity contribution in [2.45, 2.75) is 25.6 Å². The number of unbranched alkanes of at least 4 members (excludes halogenated alkanes) is 1. The van der Waals surface area contributed by atoms with E-state index in [1.165, 1.54) is 0 Å². The van der Waals surface area contributed by atoms with Crippen LogP contribution in [0.4, 0.5) is 0 Å². The van der Waals surface area contributed by atoms with Crippen LogP contribution >= 0.6 is 0 Å². The van der Waals surface area contributed by atoms with Gasteiger partial charge in [-0.1, -0.05) is 55.6 Å². The predicted molar refractivity (Wildman–Crippen MR) is 85.7 cm³/mol. The highest BCUT2D eigenvalue weighted by Crippen LogP contribution is 2.10. The summed E-state index contributed by atoms with van der Waals surface area (Å²) in [7, 11) is 0. The number of ether oxygens (including phenoxy) is 2. The van der Waals surface area contributed by atoms with E-state index in [2.05, 4.69) is 13.2 Å². The third-order valence-corrected chi connectivity index (χ3v) is 2.75. The van der Waals surface area contributed by atoms with E-state index in [4.69, 9.17) is 9.47 Å². The van der Waals surface area contributed by atoms with Crippen molar-refractivity contribution < 1.29 is 19.1 Å². The van der Waals surface area contributed by atoms with Gasteiger partial charge in [0.05, 0.1) is 0 Å². The Morgan fingerprint density at radius 2 is 1.64 bits per heavy atom. The van der Waals surface area contributed by atoms with E-state index in [0.29, 0.717) is 12.8 Å². The van der Waals surface area contributed by atoms with Crippen LogP contribution in [0.25, 0.3) is 6.08 Å². The molecule has 22 heavy (non-hydrogen) atoms. The molecule has 0 spiro atoms. The highest BCUT2D eigenvalue weighted by molar-refractivity contribution is 5.83. The second kappa shape index (κ2) is 10.2. The molecule has 1 aromatic rings. The minimum Gasteiger partial charge on any atom is -0.422 e. The molecule has 0 amide bonds. The van der Waals surface area contributed by atoms with Gasteiger partial charge in [-0.3, -0.25) is 0 Å². The lowest BCUT2D eigenvalue weighted by molar-refractivity contribution is -0.181. The Morgan fingerprint density at radius 3 is 2.18 bits per heavy atom. The first-order chi connectivity index (χ1) is 10.7. The van der Waals surface area contributed by atoms with Crippen LogP contribution in [0, 0.1) is 0 Å². The first-order valence-corrected chi connectivity index (χ1v) is 7.03. The molecule has 116 valence electrons. The zero-order chi connectivity index (χ0) is 16.2. The molecule has 0 aliphatic carbocycles. The Kier molecular flexibility index (Phi) is 8.05. The average Bonchev–Trinajstić information content (AvgIpc) is 2.55. The maximum Gasteiger partial charge on any atom is 0.333 e. The molecule has 0 bridgehead atoms. The third kappa shape index (κ3) is 7.24. The molecule has 0 saturated heterocycles. The highest BCUT2D eigenvalue weighted by atomic mass is 16.7. The van der Waals surface area contributed by atoms with Gasteiger partial charge in [0.2, 0.25) is 6.29 Å². The fourth-order valence-electron chi connectivity index (χ4n) is 1.68. The van der Waals surface area contributed by atoms with Crippen molar-refractivity contribution in [1.82, 2.24) is 0 Å². The van der Waals surface area contributed by atoms with Crippen molar-refractivity contribution in [1.29, 1.82) is 0 Å². The van der Waals surface area contributed by atoms with Crippen molar-refractivity contribution in [2.75, 3.05) is 0 Å². The first kappa shape index (κ1) is 17.4. The molecule has 0 N–H and O–H groups in total. The normalized spacial score (nSPS) is 10.4. The van der Waals surface area contributed by atoms with E-state index in [9.17, 15) is 9.59 Å². The molecule has 0 unspecified atom stereocenters. The van der Waals surface area contributed by atoms with Crippen LogP contribution in [-0.2, 0) is 19.1 Å². The number of benzene rings is 1. The van der Waals surface area contributed by atoms with Crippen molar-refractivity contribution in [3.63, 3.8) is 0 Å². The van der Waals surface area contributed by atoms with E-state index in [0.717, 1.165) is 24.1 Å². The van der Waals surface area contributed by atoms with Gasteiger partial charge in [0, 0.05) is 18.6 Å². The summed E-state index contributed by atoms with van der Waals surface area (Å²) in [5.41, 5.74) is 1.12. The molecular weight excluding hydrogens is 280 g/mol. The molecule has 0 aromatic heterocycles. The molecule has 4 heteroatoms. The molecule has 4 nitrogen and oxygen atoms in total. The van der Waals surface area contributed by atoms with E-state index < -0.39 is 18.2 Å². The van der Waals surface area contributed by atoms with E-state index in [1.807, 2.05) is 42.5 Å². The number of carbonyl (C=O) groups is 2. The smallest absolute Gasteiger partial charge is 0.333 e. The molecule has 0 atom stereocenters. The van der Waals surface area contributed by atoms with Crippen LogP contribution in [0.2, 0.25) is 0 Å². The number of carbonyl (C=O) groups excluding carboxylic acids is 2. The van der Waals surface area contributed by atoms with Crippen LogP contribution in [0.3, 0.4) is 0 Å². The summed E-state index contributed by atoms with van der Waals surface area (Å²) >= 11 is 0. The number of rotatable bonds is 9. The van der Waals surface area contributed by atoms with Gasteiger partial charge >= 0.3 is 11.9 Å². The number of hydrogen-bond donors (Lipinski definition) is 0. The number of hydrogen-bond acceptors (Lipinski definition) is 4. The van der Waals surface area contributed by atoms with Crippen LogP contribution < -0.4 is 0 Å². The lowest BCUT2D eigenvalue weighted by Gasteiger charge is -2.16. The Labute approximate surface area is 130 Å². The summed E-state index contributed by atoms with van der Waals surface area (Å²) < 4.78 is 9.93. The number of allylic oxidation sites excluding steroid dienone is 1. The van der Waals surface area contributed by atoms with Gasteiger partial charge in [0.1, 0.15) is 0 Å². The zero-order valence-electron chi connectivity index (χ0n) is 12.4. The summed E-state index contributed by atoms with van der Waals surface area (Å²) in [6, 6.07) is 9.93. The first-order valence-electron chi connectivity index (χ1n) is 7.03. The van der Waals surface area contributed by atoms with Gasteiger partial charge < -0.3 is 9.47 Å². The van der Waals surface area contributed by atoms with Gasteiger partial charge in [-0.2, -0.15) is 0 Å². The lowest BCUT2D eigenvalue weighted by atomic mass is 10.1. The molecule has 0 fully saturated rings. The Balaban J connectivity index is 2.40. The van der Waals surface area contributed by atoms with Crippen molar-refractivity contribution >= 4 is 18.0 Å². The van der Waals surface area contributed by atoms with E-state index in [1.54, 1.807) is 0 Å². The minimum atomic E-state index is -0.916. The molecule has 0 heterocycles. The highest BCUT2D eigenvalue weighted by Gasteiger charge is 2.15. The molecule has 0 aliphatic rings. The quantitative estimate of drug-likeness (QED) is 0.302. The largest absolute Gasteiger partial charge is 0.422 e. The Morgan fingerprint density at radius 1 is 1.05 bits per heavy atom. The fraction of sp³-hybridized carbons (Fsp3) is 0.222. The summed E-state index contributed by atoms with van der Waals surface area (Å²) in [5, 5.41) is 0. The van der Waals surface area contributed by atoms with Gasteiger partial charge in [-0.05, 0) is 18.4 Å². The summed E-state index contributed by atoms with van der Waals surface area (Å²) in [5.74, 6) is -1.25. The average molecular weight is 300 g/mol. The van der Waals surface area contributed by atoms with Crippen LogP contribution in [0.5, 0.6) is 0 Å². The minimum absolute atomic E-state index is 0.415. The number of esters is 2. The van der Waals surface area contributed by atoms with E-state index in [-0.39, 0.29) is 0 Å². The second-order valence-electron chi connectivity index (χ2n) is 4.46. The van der Waals surface area contributed by atoms with E-state index >= 15 is 0 Å². The standard InChI is InChI=1S/C18H20O4/c1-3-16(19)21-18(22-17(20)4-2)14-10-6-9-13-15-11-7-5-8-12-15/h3-5,7-9,11-13,18H,1-2,6,10,14H2. The summed E-state index contributed by atoms with van der Waals surface area (Å²) in [4.78, 5) is 22.4. The van der Waals surface area contributed by atoms with Gasteiger partial charge in [-0.15, -0.1) is 0 Å². The molecule has 0 saturated carbocycles. The van der Waals surface area contributed by atoms with Crippen molar-refractivity contribution in [3.8, 4) is 0 Å². The maximum absolute atomic E-state index is 11.2. The molecule has 1 aromatic carbocycles. The predicted octanol–water partition coefficient (Wildman–Crippen LogP) is 3.65. The molecule has 0 radical (unpaired) electrons. The topological polar surface area (TPSA) is 52.6 Å². The van der Waals surface area contributed by atoms with Crippen LogP contribution in [0.15, 0.2) is 61.7 Å². The summed E-state index contributed by atoms with van der Waals surface area (Å²) in [6.45, 7) is 6.62. The summed E-state index contributed by atoms with van der Waals surface area (Å²) in [6.07, 6.45) is 7.09. The SMILES string of the molecule is C=CC(=O)OC(CCCC=Cc1ccccc1)OC(=O)C=C. The Bertz CT molecular complexity index is 509. The zero-order valence-corrected chi connectivity index (χ0v) is 12.4. The van der Waals surface area contributed by atoms with Crippen molar-refractivity contribution in [2.24, 2.45) is 0 Å². The molecular formula is C18H20O4. The Hall–Kier alpha value is -2.62.